The summed E-state index contributed by atoms with van der Waals surface area (Å²) in [6.45, 7) is 0.343. The van der Waals surface area contributed by atoms with Crippen molar-refractivity contribution in [3.05, 3.63) is 58.5 Å². The third-order valence-corrected chi connectivity index (χ3v) is 3.25. The van der Waals surface area contributed by atoms with E-state index < -0.39 is 11.7 Å². The van der Waals surface area contributed by atoms with Crippen LogP contribution in [0, 0.1) is 5.82 Å². The number of aromatic nitrogens is 1. The van der Waals surface area contributed by atoms with Crippen LogP contribution in [0.5, 0.6) is 0 Å². The second-order valence-corrected chi connectivity index (χ2v) is 5.00. The Bertz CT molecular complexity index is 663. The van der Waals surface area contributed by atoms with Gasteiger partial charge in [0.2, 0.25) is 0 Å². The van der Waals surface area contributed by atoms with E-state index in [2.05, 4.69) is 10.3 Å². The van der Waals surface area contributed by atoms with Gasteiger partial charge in [0.1, 0.15) is 0 Å². The van der Waals surface area contributed by atoms with Crippen molar-refractivity contribution in [3.63, 3.8) is 0 Å². The highest BCUT2D eigenvalue weighted by Crippen LogP contribution is 2.18. The molecule has 0 aliphatic rings. The van der Waals surface area contributed by atoms with Crippen molar-refractivity contribution in [1.29, 1.82) is 0 Å². The molecule has 6 heteroatoms. The Morgan fingerprint density at radius 1 is 1.43 bits per heavy atom. The Morgan fingerprint density at radius 2 is 2.19 bits per heavy atom. The van der Waals surface area contributed by atoms with Gasteiger partial charge in [-0.15, -0.1) is 0 Å². The number of nitrogens with zero attached hydrogens (tertiary/aromatic N) is 2. The fourth-order valence-corrected chi connectivity index (χ4v) is 2.18. The van der Waals surface area contributed by atoms with Crippen molar-refractivity contribution in [2.24, 2.45) is 0 Å². The van der Waals surface area contributed by atoms with Gasteiger partial charge in [-0.1, -0.05) is 23.7 Å². The molecule has 4 nitrogen and oxygen atoms in total. The van der Waals surface area contributed by atoms with Gasteiger partial charge in [-0.2, -0.15) is 0 Å². The molecule has 1 N–H and O–H groups in total. The number of carbonyl (C=O) groups excluding carboxylic acids is 1. The molecule has 1 heterocycles. The zero-order chi connectivity index (χ0) is 15.4. The zero-order valence-corrected chi connectivity index (χ0v) is 12.5. The van der Waals surface area contributed by atoms with Gasteiger partial charge in [0, 0.05) is 31.9 Å². The van der Waals surface area contributed by atoms with Gasteiger partial charge in [0.05, 0.1) is 5.56 Å². The molecule has 0 spiro atoms. The summed E-state index contributed by atoms with van der Waals surface area (Å²) in [4.78, 5) is 17.6. The number of rotatable bonds is 4. The summed E-state index contributed by atoms with van der Waals surface area (Å²) < 4.78 is 14.1. The lowest BCUT2D eigenvalue weighted by Gasteiger charge is -2.18. The largest absolute Gasteiger partial charge is 0.371 e. The van der Waals surface area contributed by atoms with E-state index >= 15 is 0 Å². The standard InChI is InChI=1S/C15H15ClFN3O/c1-18-14-13(17)12(6-7-19-14)15(21)20(2)9-10-4-3-5-11(16)8-10/h3-8H,9H2,1-2H3,(H,18,19). The van der Waals surface area contributed by atoms with Crippen molar-refractivity contribution in [1.82, 2.24) is 9.88 Å². The minimum Gasteiger partial charge on any atom is -0.371 e. The molecule has 0 atom stereocenters. The summed E-state index contributed by atoms with van der Waals surface area (Å²) in [6, 6.07) is 8.56. The molecule has 110 valence electrons. The van der Waals surface area contributed by atoms with Gasteiger partial charge in [0.25, 0.3) is 5.91 Å². The van der Waals surface area contributed by atoms with Crippen LogP contribution in [0.2, 0.25) is 5.02 Å². The van der Waals surface area contributed by atoms with E-state index in [9.17, 15) is 9.18 Å². The minimum atomic E-state index is -0.650. The lowest BCUT2D eigenvalue weighted by Crippen LogP contribution is -2.27. The van der Waals surface area contributed by atoms with E-state index in [1.165, 1.54) is 17.2 Å². The van der Waals surface area contributed by atoms with Crippen LogP contribution in [0.4, 0.5) is 10.2 Å². The average Bonchev–Trinajstić information content (AvgIpc) is 2.47. The van der Waals surface area contributed by atoms with Crippen molar-refractivity contribution in [2.75, 3.05) is 19.4 Å². The number of hydrogen-bond donors (Lipinski definition) is 1. The first-order chi connectivity index (χ1) is 10.0. The highest BCUT2D eigenvalue weighted by molar-refractivity contribution is 6.30. The molecule has 0 aliphatic carbocycles. The Kier molecular flexibility index (Phi) is 4.75. The molecule has 2 rings (SSSR count). The Morgan fingerprint density at radius 3 is 2.86 bits per heavy atom. The first-order valence-electron chi connectivity index (χ1n) is 6.35. The molecule has 2 aromatic rings. The number of amides is 1. The maximum Gasteiger partial charge on any atom is 0.257 e. The maximum absolute atomic E-state index is 14.1. The Hall–Kier alpha value is -2.14. The summed E-state index contributed by atoms with van der Waals surface area (Å²) in [5.74, 6) is -1.01. The predicted octanol–water partition coefficient (Wildman–Crippen LogP) is 3.19. The summed E-state index contributed by atoms with van der Waals surface area (Å²) >= 11 is 5.91. The number of benzene rings is 1. The quantitative estimate of drug-likeness (QED) is 0.943. The van der Waals surface area contributed by atoms with E-state index in [4.69, 9.17) is 11.6 Å². The topological polar surface area (TPSA) is 45.2 Å². The number of anilines is 1. The first-order valence-corrected chi connectivity index (χ1v) is 6.73. The minimum absolute atomic E-state index is 0.0149. The molecule has 0 aliphatic heterocycles. The summed E-state index contributed by atoms with van der Waals surface area (Å²) in [5, 5.41) is 3.21. The molecule has 1 aromatic carbocycles. The van der Waals surface area contributed by atoms with Crippen LogP contribution in [0.3, 0.4) is 0 Å². The first kappa shape index (κ1) is 15.3. The van der Waals surface area contributed by atoms with Crippen LogP contribution < -0.4 is 5.32 Å². The third kappa shape index (κ3) is 3.49. The van der Waals surface area contributed by atoms with Gasteiger partial charge >= 0.3 is 0 Å². The monoisotopic (exact) mass is 307 g/mol. The molecule has 0 saturated heterocycles. The van der Waals surface area contributed by atoms with Crippen LogP contribution in [0.1, 0.15) is 15.9 Å². The smallest absolute Gasteiger partial charge is 0.257 e. The normalized spacial score (nSPS) is 10.3. The highest BCUT2D eigenvalue weighted by Gasteiger charge is 2.19. The van der Waals surface area contributed by atoms with Gasteiger partial charge in [-0.05, 0) is 23.8 Å². The van der Waals surface area contributed by atoms with Crippen molar-refractivity contribution >= 4 is 23.3 Å². The molecule has 0 radical (unpaired) electrons. The van der Waals surface area contributed by atoms with Crippen LogP contribution in [0.25, 0.3) is 0 Å². The van der Waals surface area contributed by atoms with Crippen molar-refractivity contribution in [2.45, 2.75) is 6.54 Å². The lowest BCUT2D eigenvalue weighted by molar-refractivity contribution is 0.0780. The van der Waals surface area contributed by atoms with Gasteiger partial charge in [-0.3, -0.25) is 4.79 Å². The third-order valence-electron chi connectivity index (χ3n) is 3.01. The number of halogens is 2. The van der Waals surface area contributed by atoms with Crippen molar-refractivity contribution in [3.8, 4) is 0 Å². The second-order valence-electron chi connectivity index (χ2n) is 4.56. The average molecular weight is 308 g/mol. The number of nitrogens with one attached hydrogen (secondary N) is 1. The molecule has 21 heavy (non-hydrogen) atoms. The van der Waals surface area contributed by atoms with Crippen LogP contribution in [-0.2, 0) is 6.54 Å². The molecule has 0 fully saturated rings. The molecule has 0 bridgehead atoms. The lowest BCUT2D eigenvalue weighted by atomic mass is 10.2. The Balaban J connectivity index is 2.20. The van der Waals surface area contributed by atoms with Gasteiger partial charge in [0.15, 0.2) is 11.6 Å². The molecular weight excluding hydrogens is 293 g/mol. The van der Waals surface area contributed by atoms with E-state index in [1.54, 1.807) is 26.2 Å². The zero-order valence-electron chi connectivity index (χ0n) is 11.7. The van der Waals surface area contributed by atoms with E-state index in [0.717, 1.165) is 5.56 Å². The van der Waals surface area contributed by atoms with E-state index in [0.29, 0.717) is 11.6 Å². The van der Waals surface area contributed by atoms with Gasteiger partial charge in [-0.25, -0.2) is 9.37 Å². The summed E-state index contributed by atoms with van der Waals surface area (Å²) in [7, 11) is 3.16. The number of carbonyl (C=O) groups is 1. The molecular formula is C15H15ClFN3O. The predicted molar refractivity (Wildman–Crippen MR) is 81.0 cm³/mol. The highest BCUT2D eigenvalue weighted by atomic mass is 35.5. The second kappa shape index (κ2) is 6.54. The summed E-state index contributed by atoms with van der Waals surface area (Å²) in [5.41, 5.74) is 0.862. The summed E-state index contributed by atoms with van der Waals surface area (Å²) in [6.07, 6.45) is 1.40. The number of pyridine rings is 1. The van der Waals surface area contributed by atoms with Crippen molar-refractivity contribution < 1.29 is 9.18 Å². The number of hydrogen-bond acceptors (Lipinski definition) is 3. The van der Waals surface area contributed by atoms with E-state index in [1.807, 2.05) is 12.1 Å². The molecule has 0 unspecified atom stereocenters. The Labute approximate surface area is 127 Å². The molecule has 1 aromatic heterocycles. The maximum atomic E-state index is 14.1. The SMILES string of the molecule is CNc1nccc(C(=O)N(C)Cc2cccc(Cl)c2)c1F. The van der Waals surface area contributed by atoms with E-state index in [-0.39, 0.29) is 11.4 Å². The molecule has 0 saturated carbocycles. The van der Waals surface area contributed by atoms with Crippen LogP contribution in [-0.4, -0.2) is 29.9 Å². The molecule has 1 amide bonds. The fourth-order valence-electron chi connectivity index (χ4n) is 1.97. The van der Waals surface area contributed by atoms with Crippen LogP contribution in [0.15, 0.2) is 36.5 Å². The van der Waals surface area contributed by atoms with Crippen LogP contribution >= 0.6 is 11.6 Å². The van der Waals surface area contributed by atoms with Gasteiger partial charge < -0.3 is 10.2 Å². The fraction of sp³-hybridized carbons (Fsp3) is 0.200.